The smallest absolute Gasteiger partial charge is 0.305 e. The number of carboxylic acid groups (broad SMARTS) is 1. The van der Waals surface area contributed by atoms with Crippen LogP contribution in [0, 0.1) is 0 Å². The van der Waals surface area contributed by atoms with Crippen molar-refractivity contribution in [3.05, 3.63) is 48.3 Å². The predicted molar refractivity (Wildman–Crippen MR) is 78.5 cm³/mol. The lowest BCUT2D eigenvalue weighted by Gasteiger charge is -2.10. The average Bonchev–Trinajstić information content (AvgIpc) is 2.48. The molecule has 4 N–H and O–H groups in total. The van der Waals surface area contributed by atoms with Gasteiger partial charge in [0.15, 0.2) is 0 Å². The van der Waals surface area contributed by atoms with Crippen LogP contribution in [-0.2, 0) is 14.8 Å². The maximum Gasteiger partial charge on any atom is 0.305 e. The van der Waals surface area contributed by atoms with Gasteiger partial charge in [-0.3, -0.25) is 4.79 Å². The molecule has 0 saturated carbocycles. The molecule has 0 aliphatic carbocycles. The summed E-state index contributed by atoms with van der Waals surface area (Å²) >= 11 is 0. The number of hydrogen-bond acceptors (Lipinski definition) is 6. The molecule has 116 valence electrons. The molecule has 22 heavy (non-hydrogen) atoms. The molecule has 0 aliphatic rings. The Morgan fingerprint density at radius 2 is 1.82 bits per heavy atom. The van der Waals surface area contributed by atoms with Gasteiger partial charge in [0.05, 0.1) is 11.3 Å². The monoisotopic (exact) mass is 322 g/mol. The zero-order valence-corrected chi connectivity index (χ0v) is 12.2. The summed E-state index contributed by atoms with van der Waals surface area (Å²) in [7, 11) is -3.77. The fourth-order valence-electron chi connectivity index (χ4n) is 1.67. The first kappa shape index (κ1) is 15.9. The number of nitrogens with zero attached hydrogens (tertiary/aromatic N) is 2. The highest BCUT2D eigenvalue weighted by atomic mass is 32.2. The molecule has 1 heterocycles. The molecule has 0 aliphatic heterocycles. The molecule has 0 radical (unpaired) electrons. The number of aliphatic carboxylic acids is 1. The number of anilines is 1. The lowest BCUT2D eigenvalue weighted by atomic mass is 10.1. The maximum absolute atomic E-state index is 12.1. The van der Waals surface area contributed by atoms with Crippen molar-refractivity contribution in [3.8, 4) is 0 Å². The van der Waals surface area contributed by atoms with Crippen LogP contribution in [0.15, 0.2) is 47.6 Å². The van der Waals surface area contributed by atoms with E-state index in [1.165, 1.54) is 24.5 Å². The van der Waals surface area contributed by atoms with E-state index in [2.05, 4.69) is 14.7 Å². The quantitative estimate of drug-likeness (QED) is 0.714. The van der Waals surface area contributed by atoms with Crippen molar-refractivity contribution in [2.24, 2.45) is 5.73 Å². The number of carbonyl (C=O) groups is 1. The molecule has 0 spiro atoms. The van der Waals surface area contributed by atoms with Crippen LogP contribution in [0.2, 0.25) is 0 Å². The molecular weight excluding hydrogens is 308 g/mol. The lowest BCUT2D eigenvalue weighted by Crippen LogP contribution is -2.17. The molecule has 1 aromatic carbocycles. The molecule has 0 bridgehead atoms. The first-order valence-electron chi connectivity index (χ1n) is 6.25. The van der Waals surface area contributed by atoms with Crippen molar-refractivity contribution in [2.75, 3.05) is 4.72 Å². The number of benzene rings is 1. The predicted octanol–water partition coefficient (Wildman–Crippen LogP) is 0.752. The molecule has 0 amide bonds. The van der Waals surface area contributed by atoms with Gasteiger partial charge in [-0.25, -0.2) is 23.1 Å². The van der Waals surface area contributed by atoms with Crippen molar-refractivity contribution >= 4 is 21.9 Å². The second kappa shape index (κ2) is 6.50. The summed E-state index contributed by atoms with van der Waals surface area (Å²) in [5, 5.41) is 8.67. The number of hydrogen-bond donors (Lipinski definition) is 3. The molecule has 9 heteroatoms. The molecule has 0 fully saturated rings. The van der Waals surface area contributed by atoms with Crippen LogP contribution < -0.4 is 10.5 Å². The molecule has 0 unspecified atom stereocenters. The fraction of sp³-hybridized carbons (Fsp3) is 0.154. The van der Waals surface area contributed by atoms with Crippen molar-refractivity contribution in [3.63, 3.8) is 0 Å². The van der Waals surface area contributed by atoms with E-state index in [1.807, 2.05) is 0 Å². The van der Waals surface area contributed by atoms with E-state index < -0.39 is 22.0 Å². The normalized spacial score (nSPS) is 12.6. The summed E-state index contributed by atoms with van der Waals surface area (Å²) in [4.78, 5) is 18.4. The van der Waals surface area contributed by atoms with Crippen LogP contribution in [0.1, 0.15) is 18.0 Å². The van der Waals surface area contributed by atoms with Crippen LogP contribution in [0.3, 0.4) is 0 Å². The molecule has 8 nitrogen and oxygen atoms in total. The highest BCUT2D eigenvalue weighted by Crippen LogP contribution is 2.15. The Labute approximate surface area is 127 Å². The van der Waals surface area contributed by atoms with Crippen molar-refractivity contribution < 1.29 is 18.3 Å². The van der Waals surface area contributed by atoms with Gasteiger partial charge in [-0.2, -0.15) is 0 Å². The van der Waals surface area contributed by atoms with Gasteiger partial charge in [0.1, 0.15) is 0 Å². The molecule has 2 aromatic rings. The summed E-state index contributed by atoms with van der Waals surface area (Å²) < 4.78 is 26.4. The van der Waals surface area contributed by atoms with Gasteiger partial charge < -0.3 is 10.8 Å². The van der Waals surface area contributed by atoms with Crippen LogP contribution in [0.4, 0.5) is 5.95 Å². The Morgan fingerprint density at radius 1 is 1.23 bits per heavy atom. The summed E-state index contributed by atoms with van der Waals surface area (Å²) in [6, 6.07) is 7.04. The number of nitrogens with two attached hydrogens (primary N) is 1. The first-order valence-corrected chi connectivity index (χ1v) is 7.74. The van der Waals surface area contributed by atoms with E-state index in [4.69, 9.17) is 10.8 Å². The fourth-order valence-corrected chi connectivity index (χ4v) is 2.65. The van der Waals surface area contributed by atoms with Crippen molar-refractivity contribution in [1.29, 1.82) is 0 Å². The zero-order chi connectivity index (χ0) is 16.2. The number of nitrogens with one attached hydrogen (secondary N) is 1. The molecule has 2 rings (SSSR count). The van der Waals surface area contributed by atoms with Crippen LogP contribution in [0.5, 0.6) is 0 Å². The minimum absolute atomic E-state index is 0.0882. The highest BCUT2D eigenvalue weighted by molar-refractivity contribution is 7.92. The largest absolute Gasteiger partial charge is 0.481 e. The Hall–Kier alpha value is -2.52. The van der Waals surface area contributed by atoms with E-state index >= 15 is 0 Å². The maximum atomic E-state index is 12.1. The standard InChI is InChI=1S/C13H14N4O4S/c14-11(6-12(18)19)9-7-15-13(16-8-9)17-22(20,21)10-4-2-1-3-5-10/h1-5,7-8,11H,6,14H2,(H,18,19)(H,15,16,17)/t11-/m1/s1. The molecule has 1 atom stereocenters. The molecule has 1 aromatic heterocycles. The zero-order valence-electron chi connectivity index (χ0n) is 11.4. The summed E-state index contributed by atoms with van der Waals surface area (Å²) in [6.45, 7) is 0. The van der Waals surface area contributed by atoms with Crippen LogP contribution in [0.25, 0.3) is 0 Å². The molecular formula is C13H14N4O4S. The van der Waals surface area contributed by atoms with E-state index in [9.17, 15) is 13.2 Å². The average molecular weight is 322 g/mol. The van der Waals surface area contributed by atoms with Gasteiger partial charge in [0.2, 0.25) is 5.95 Å². The summed E-state index contributed by atoms with van der Waals surface area (Å²) in [6.07, 6.45) is 2.32. The lowest BCUT2D eigenvalue weighted by molar-refractivity contribution is -0.137. The third-order valence-corrected chi connectivity index (χ3v) is 4.12. The van der Waals surface area contributed by atoms with Gasteiger partial charge in [-0.05, 0) is 12.1 Å². The number of aromatic nitrogens is 2. The Balaban J connectivity index is 2.13. The number of sulfonamides is 1. The van der Waals surface area contributed by atoms with E-state index in [1.54, 1.807) is 18.2 Å². The van der Waals surface area contributed by atoms with E-state index in [0.717, 1.165) is 0 Å². The first-order chi connectivity index (χ1) is 10.4. The number of carboxylic acids is 1. The third-order valence-electron chi connectivity index (χ3n) is 2.77. The van der Waals surface area contributed by atoms with E-state index in [-0.39, 0.29) is 17.3 Å². The van der Waals surface area contributed by atoms with Gasteiger partial charge >= 0.3 is 5.97 Å². The van der Waals surface area contributed by atoms with Crippen molar-refractivity contribution in [1.82, 2.24) is 9.97 Å². The second-order valence-corrected chi connectivity index (χ2v) is 6.15. The highest BCUT2D eigenvalue weighted by Gasteiger charge is 2.16. The Morgan fingerprint density at radius 3 is 2.36 bits per heavy atom. The van der Waals surface area contributed by atoms with Gasteiger partial charge in [-0.15, -0.1) is 0 Å². The minimum atomic E-state index is -3.77. The Kier molecular flexibility index (Phi) is 4.68. The number of rotatable bonds is 6. The summed E-state index contributed by atoms with van der Waals surface area (Å²) in [5.74, 6) is -1.16. The topological polar surface area (TPSA) is 135 Å². The Bertz CT molecular complexity index is 747. The minimum Gasteiger partial charge on any atom is -0.481 e. The second-order valence-electron chi connectivity index (χ2n) is 4.46. The van der Waals surface area contributed by atoms with Gasteiger partial charge in [0, 0.05) is 24.0 Å². The van der Waals surface area contributed by atoms with Crippen LogP contribution in [-0.4, -0.2) is 29.5 Å². The van der Waals surface area contributed by atoms with Crippen molar-refractivity contribution in [2.45, 2.75) is 17.4 Å². The van der Waals surface area contributed by atoms with Crippen LogP contribution >= 0.6 is 0 Å². The summed E-state index contributed by atoms with van der Waals surface area (Å²) in [5.41, 5.74) is 6.07. The van der Waals surface area contributed by atoms with E-state index in [0.29, 0.717) is 5.56 Å². The molecule has 0 saturated heterocycles. The third kappa shape index (κ3) is 3.99. The van der Waals surface area contributed by atoms with Gasteiger partial charge in [-0.1, -0.05) is 18.2 Å². The SMILES string of the molecule is N[C@H](CC(=O)O)c1cnc(NS(=O)(=O)c2ccccc2)nc1. The van der Waals surface area contributed by atoms with Gasteiger partial charge in [0.25, 0.3) is 10.0 Å².